The van der Waals surface area contributed by atoms with E-state index in [9.17, 15) is 31.1 Å². The molecule has 0 amide bonds. The molecule has 23 heavy (non-hydrogen) atoms. The van der Waals surface area contributed by atoms with Crippen molar-refractivity contribution in [3.05, 3.63) is 41.2 Å². The molecule has 0 aliphatic carbocycles. The molecule has 0 spiro atoms. The lowest BCUT2D eigenvalue weighted by atomic mass is 9.99. The number of hydrogen-bond donors (Lipinski definition) is 0. The van der Waals surface area contributed by atoms with Crippen molar-refractivity contribution in [1.29, 1.82) is 0 Å². The molecule has 3 nitrogen and oxygen atoms in total. The molecule has 0 atom stereocenters. The molecule has 0 radical (unpaired) electrons. The van der Waals surface area contributed by atoms with Gasteiger partial charge in [-0.15, -0.1) is 0 Å². The average Bonchev–Trinajstić information content (AvgIpc) is 2.92. The standard InChI is InChI=1S/C14H8F6O3/c1-22-11-5-7(13(15,16)17)4-9(14(18,19)20)12(11)10-3-2-8(6-21)23-10/h2-6H,1H3. The van der Waals surface area contributed by atoms with Crippen LogP contribution in [0, 0.1) is 0 Å². The van der Waals surface area contributed by atoms with Gasteiger partial charge in [-0.05, 0) is 24.3 Å². The lowest BCUT2D eigenvalue weighted by Gasteiger charge is -2.18. The maximum atomic E-state index is 13.2. The van der Waals surface area contributed by atoms with E-state index < -0.39 is 40.6 Å². The fourth-order valence-electron chi connectivity index (χ4n) is 1.97. The molecule has 0 aliphatic heterocycles. The van der Waals surface area contributed by atoms with Crippen molar-refractivity contribution in [2.75, 3.05) is 7.11 Å². The van der Waals surface area contributed by atoms with Gasteiger partial charge in [-0.2, -0.15) is 26.3 Å². The highest BCUT2D eigenvalue weighted by Gasteiger charge is 2.41. The first kappa shape index (κ1) is 16.9. The third-order valence-corrected chi connectivity index (χ3v) is 2.94. The third-order valence-electron chi connectivity index (χ3n) is 2.94. The first-order valence-corrected chi connectivity index (χ1v) is 5.99. The predicted octanol–water partition coefficient (Wildman–Crippen LogP) is 4.81. The molecule has 0 saturated heterocycles. The monoisotopic (exact) mass is 338 g/mol. The van der Waals surface area contributed by atoms with Crippen LogP contribution in [0.1, 0.15) is 21.7 Å². The van der Waals surface area contributed by atoms with Crippen LogP contribution in [0.5, 0.6) is 5.75 Å². The van der Waals surface area contributed by atoms with Crippen LogP contribution in [-0.4, -0.2) is 13.4 Å². The first-order valence-electron chi connectivity index (χ1n) is 5.99. The number of carbonyl (C=O) groups is 1. The van der Waals surface area contributed by atoms with E-state index in [0.717, 1.165) is 19.2 Å². The molecule has 0 aliphatic rings. The summed E-state index contributed by atoms with van der Waals surface area (Å²) in [6, 6.07) is 2.55. The van der Waals surface area contributed by atoms with Crippen molar-refractivity contribution in [2.45, 2.75) is 12.4 Å². The van der Waals surface area contributed by atoms with Gasteiger partial charge < -0.3 is 9.15 Å². The van der Waals surface area contributed by atoms with Crippen LogP contribution in [0.15, 0.2) is 28.7 Å². The van der Waals surface area contributed by atoms with Crippen LogP contribution in [0.2, 0.25) is 0 Å². The number of carbonyl (C=O) groups excluding carboxylic acids is 1. The topological polar surface area (TPSA) is 39.4 Å². The minimum atomic E-state index is -5.09. The number of ether oxygens (including phenoxy) is 1. The maximum absolute atomic E-state index is 13.2. The number of methoxy groups -OCH3 is 1. The van der Waals surface area contributed by atoms with Gasteiger partial charge >= 0.3 is 12.4 Å². The number of hydrogen-bond acceptors (Lipinski definition) is 3. The summed E-state index contributed by atoms with van der Waals surface area (Å²) in [7, 11) is 0.933. The summed E-state index contributed by atoms with van der Waals surface area (Å²) in [5, 5.41) is 0. The quantitative estimate of drug-likeness (QED) is 0.596. The normalized spacial score (nSPS) is 12.3. The highest BCUT2D eigenvalue weighted by Crippen LogP contribution is 2.46. The molecule has 124 valence electrons. The Balaban J connectivity index is 2.80. The van der Waals surface area contributed by atoms with Gasteiger partial charge in [0.25, 0.3) is 0 Å². The number of alkyl halides is 6. The van der Waals surface area contributed by atoms with Gasteiger partial charge in [0, 0.05) is 0 Å². The molecule has 2 rings (SSSR count). The van der Waals surface area contributed by atoms with Crippen LogP contribution >= 0.6 is 0 Å². The van der Waals surface area contributed by atoms with E-state index in [1.165, 1.54) is 0 Å². The fourth-order valence-corrected chi connectivity index (χ4v) is 1.97. The second kappa shape index (κ2) is 5.64. The molecule has 9 heteroatoms. The summed E-state index contributed by atoms with van der Waals surface area (Å²) in [5.74, 6) is -1.36. The minimum absolute atomic E-state index is 0.0268. The fraction of sp³-hybridized carbons (Fsp3) is 0.214. The van der Waals surface area contributed by atoms with E-state index >= 15 is 0 Å². The molecule has 1 heterocycles. The zero-order valence-corrected chi connectivity index (χ0v) is 11.4. The lowest BCUT2D eigenvalue weighted by molar-refractivity contribution is -0.142. The zero-order valence-electron chi connectivity index (χ0n) is 11.4. The predicted molar refractivity (Wildman–Crippen MR) is 66.1 cm³/mol. The van der Waals surface area contributed by atoms with Crippen LogP contribution < -0.4 is 4.74 Å². The zero-order chi connectivity index (χ0) is 17.4. The van der Waals surface area contributed by atoms with Gasteiger partial charge in [0.15, 0.2) is 12.0 Å². The van der Waals surface area contributed by atoms with Crippen LogP contribution in [0.25, 0.3) is 11.3 Å². The van der Waals surface area contributed by atoms with Gasteiger partial charge in [-0.1, -0.05) is 0 Å². The van der Waals surface area contributed by atoms with E-state index in [0.29, 0.717) is 6.07 Å². The molecular formula is C14H8F6O3. The molecule has 0 unspecified atom stereocenters. The molecule has 0 saturated carbocycles. The Labute approximate surface area is 125 Å². The Bertz CT molecular complexity index is 727. The lowest BCUT2D eigenvalue weighted by Crippen LogP contribution is -2.13. The van der Waals surface area contributed by atoms with E-state index in [1.807, 2.05) is 0 Å². The van der Waals surface area contributed by atoms with Crippen molar-refractivity contribution in [3.63, 3.8) is 0 Å². The number of furan rings is 1. The molecule has 2 aromatic rings. The Hall–Kier alpha value is -2.45. The van der Waals surface area contributed by atoms with Crippen molar-refractivity contribution >= 4 is 6.29 Å². The summed E-state index contributed by atoms with van der Waals surface area (Å²) in [6.45, 7) is 0. The van der Waals surface area contributed by atoms with E-state index in [-0.39, 0.29) is 18.1 Å². The van der Waals surface area contributed by atoms with Gasteiger partial charge in [0.05, 0.1) is 23.8 Å². The van der Waals surface area contributed by atoms with Crippen molar-refractivity contribution in [2.24, 2.45) is 0 Å². The van der Waals surface area contributed by atoms with Crippen molar-refractivity contribution in [3.8, 4) is 17.1 Å². The van der Waals surface area contributed by atoms with Gasteiger partial charge in [-0.3, -0.25) is 4.79 Å². The van der Waals surface area contributed by atoms with Gasteiger partial charge in [0.1, 0.15) is 11.5 Å². The van der Waals surface area contributed by atoms with Crippen LogP contribution in [0.4, 0.5) is 26.3 Å². The highest BCUT2D eigenvalue weighted by atomic mass is 19.4. The van der Waals surface area contributed by atoms with Gasteiger partial charge in [-0.25, -0.2) is 0 Å². The van der Waals surface area contributed by atoms with E-state index in [4.69, 9.17) is 4.42 Å². The molecule has 0 bridgehead atoms. The first-order chi connectivity index (χ1) is 10.6. The average molecular weight is 338 g/mol. The van der Waals surface area contributed by atoms with Crippen molar-refractivity contribution in [1.82, 2.24) is 0 Å². The summed E-state index contributed by atoms with van der Waals surface area (Å²) < 4.78 is 87.4. The molecule has 0 N–H and O–H groups in total. The molecule has 0 fully saturated rings. The number of rotatable bonds is 3. The minimum Gasteiger partial charge on any atom is -0.496 e. The van der Waals surface area contributed by atoms with E-state index in [1.54, 1.807) is 0 Å². The Morgan fingerprint density at radius 2 is 1.70 bits per heavy atom. The number of halogens is 6. The number of aldehydes is 1. The second-order valence-corrected chi connectivity index (χ2v) is 4.42. The van der Waals surface area contributed by atoms with Crippen LogP contribution in [0.3, 0.4) is 0 Å². The third kappa shape index (κ3) is 3.33. The maximum Gasteiger partial charge on any atom is 0.417 e. The summed E-state index contributed by atoms with van der Waals surface area (Å²) in [6.07, 6.45) is -9.81. The van der Waals surface area contributed by atoms with E-state index in [2.05, 4.69) is 4.74 Å². The Kier molecular flexibility index (Phi) is 4.14. The smallest absolute Gasteiger partial charge is 0.417 e. The highest BCUT2D eigenvalue weighted by molar-refractivity contribution is 5.76. The summed E-state index contributed by atoms with van der Waals surface area (Å²) in [5.41, 5.74) is -3.79. The Morgan fingerprint density at radius 3 is 2.13 bits per heavy atom. The summed E-state index contributed by atoms with van der Waals surface area (Å²) in [4.78, 5) is 10.6. The Morgan fingerprint density at radius 1 is 1.04 bits per heavy atom. The van der Waals surface area contributed by atoms with Gasteiger partial charge in [0.2, 0.25) is 0 Å². The summed E-state index contributed by atoms with van der Waals surface area (Å²) >= 11 is 0. The molecular weight excluding hydrogens is 330 g/mol. The largest absolute Gasteiger partial charge is 0.496 e. The van der Waals surface area contributed by atoms with Crippen molar-refractivity contribution < 1.29 is 40.3 Å². The second-order valence-electron chi connectivity index (χ2n) is 4.42. The SMILES string of the molecule is COc1cc(C(F)(F)F)cc(C(F)(F)F)c1-c1ccc(C=O)o1. The molecule has 1 aromatic carbocycles. The van der Waals surface area contributed by atoms with Crippen LogP contribution in [-0.2, 0) is 12.4 Å². The number of benzene rings is 1. The molecule has 1 aromatic heterocycles.